The molecule has 126 valence electrons. The van der Waals surface area contributed by atoms with Gasteiger partial charge in [-0.15, -0.1) is 0 Å². The lowest BCUT2D eigenvalue weighted by Gasteiger charge is -2.17. The van der Waals surface area contributed by atoms with Crippen molar-refractivity contribution in [3.05, 3.63) is 65.1 Å². The van der Waals surface area contributed by atoms with Crippen LogP contribution in [0.1, 0.15) is 11.3 Å². The van der Waals surface area contributed by atoms with Crippen molar-refractivity contribution in [2.45, 2.75) is 6.54 Å². The van der Waals surface area contributed by atoms with Gasteiger partial charge < -0.3 is 19.2 Å². The van der Waals surface area contributed by atoms with Crippen LogP contribution in [-0.2, 0) is 11.3 Å². The standard InChI is InChI=1S/C19H16N2O4/c1-23-16-5-4-14-7-13(12-25-18(14)9-16)8-15(10-20)19(22)21-11-17-3-2-6-24-17/h2-9H,11-12H2,1H3,(H,21,22)/b15-8+. The summed E-state index contributed by atoms with van der Waals surface area (Å²) in [5.41, 5.74) is 1.62. The third-order valence-electron chi connectivity index (χ3n) is 3.65. The predicted molar refractivity (Wildman–Crippen MR) is 90.7 cm³/mol. The molecule has 2 aromatic rings. The van der Waals surface area contributed by atoms with Crippen molar-refractivity contribution < 1.29 is 18.7 Å². The summed E-state index contributed by atoms with van der Waals surface area (Å²) in [5, 5.41) is 11.9. The van der Waals surface area contributed by atoms with Gasteiger partial charge in [-0.3, -0.25) is 4.79 Å². The molecule has 1 aromatic carbocycles. The van der Waals surface area contributed by atoms with Crippen molar-refractivity contribution >= 4 is 12.0 Å². The largest absolute Gasteiger partial charge is 0.497 e. The van der Waals surface area contributed by atoms with E-state index in [1.54, 1.807) is 25.3 Å². The molecule has 2 heterocycles. The predicted octanol–water partition coefficient (Wildman–Crippen LogP) is 2.83. The van der Waals surface area contributed by atoms with E-state index in [9.17, 15) is 10.1 Å². The Balaban J connectivity index is 1.74. The van der Waals surface area contributed by atoms with Crippen LogP contribution in [0, 0.1) is 11.3 Å². The number of nitriles is 1. The lowest BCUT2D eigenvalue weighted by Crippen LogP contribution is -2.24. The summed E-state index contributed by atoms with van der Waals surface area (Å²) in [5.74, 6) is 1.58. The summed E-state index contributed by atoms with van der Waals surface area (Å²) >= 11 is 0. The first-order chi connectivity index (χ1) is 12.2. The van der Waals surface area contributed by atoms with Crippen LogP contribution in [0.4, 0.5) is 0 Å². The van der Waals surface area contributed by atoms with E-state index in [-0.39, 0.29) is 18.7 Å². The number of fused-ring (bicyclic) bond motifs is 1. The highest BCUT2D eigenvalue weighted by Crippen LogP contribution is 2.30. The average Bonchev–Trinajstić information content (AvgIpc) is 3.17. The number of nitrogens with zero attached hydrogens (tertiary/aromatic N) is 1. The summed E-state index contributed by atoms with van der Waals surface area (Å²) in [4.78, 5) is 12.1. The minimum Gasteiger partial charge on any atom is -0.497 e. The van der Waals surface area contributed by atoms with E-state index in [0.717, 1.165) is 11.1 Å². The second-order valence-corrected chi connectivity index (χ2v) is 5.34. The summed E-state index contributed by atoms with van der Waals surface area (Å²) in [7, 11) is 1.59. The fraction of sp³-hybridized carbons (Fsp3) is 0.158. The fourth-order valence-corrected chi connectivity index (χ4v) is 2.38. The highest BCUT2D eigenvalue weighted by atomic mass is 16.5. The number of carbonyl (C=O) groups excluding carboxylic acids is 1. The van der Waals surface area contributed by atoms with Crippen LogP contribution in [-0.4, -0.2) is 19.6 Å². The molecule has 1 amide bonds. The van der Waals surface area contributed by atoms with E-state index in [1.807, 2.05) is 24.3 Å². The van der Waals surface area contributed by atoms with Crippen LogP contribution < -0.4 is 14.8 Å². The first-order valence-corrected chi connectivity index (χ1v) is 7.63. The molecule has 1 N–H and O–H groups in total. The van der Waals surface area contributed by atoms with Gasteiger partial charge in [-0.05, 0) is 42.0 Å². The zero-order valence-electron chi connectivity index (χ0n) is 13.6. The highest BCUT2D eigenvalue weighted by Gasteiger charge is 2.15. The van der Waals surface area contributed by atoms with E-state index in [1.165, 1.54) is 12.3 Å². The summed E-state index contributed by atoms with van der Waals surface area (Å²) < 4.78 is 16.0. The van der Waals surface area contributed by atoms with Gasteiger partial charge >= 0.3 is 0 Å². The summed E-state index contributed by atoms with van der Waals surface area (Å²) in [6.07, 6.45) is 4.94. The second-order valence-electron chi connectivity index (χ2n) is 5.34. The van der Waals surface area contributed by atoms with Crippen molar-refractivity contribution in [1.82, 2.24) is 5.32 Å². The molecule has 6 nitrogen and oxygen atoms in total. The Morgan fingerprint density at radius 1 is 1.44 bits per heavy atom. The first-order valence-electron chi connectivity index (χ1n) is 7.63. The van der Waals surface area contributed by atoms with Gasteiger partial charge in [-0.25, -0.2) is 0 Å². The Kier molecular flexibility index (Phi) is 4.86. The molecule has 0 aliphatic carbocycles. The van der Waals surface area contributed by atoms with Crippen molar-refractivity contribution in [3.8, 4) is 17.6 Å². The van der Waals surface area contributed by atoms with Gasteiger partial charge in [0.25, 0.3) is 5.91 Å². The smallest absolute Gasteiger partial charge is 0.262 e. The molecule has 1 aliphatic rings. The minimum absolute atomic E-state index is 0.0124. The van der Waals surface area contributed by atoms with Gasteiger partial charge in [-0.2, -0.15) is 5.26 Å². The van der Waals surface area contributed by atoms with Gasteiger partial charge in [-0.1, -0.05) is 0 Å². The number of furan rings is 1. The number of carbonyl (C=O) groups is 1. The lowest BCUT2D eigenvalue weighted by atomic mass is 10.0. The molecule has 0 saturated carbocycles. The van der Waals surface area contributed by atoms with Crippen LogP contribution in [0.5, 0.6) is 11.5 Å². The molecular weight excluding hydrogens is 320 g/mol. The van der Waals surface area contributed by atoms with Crippen molar-refractivity contribution in [3.63, 3.8) is 0 Å². The molecule has 0 saturated heterocycles. The first kappa shape index (κ1) is 16.4. The molecule has 1 aliphatic heterocycles. The van der Waals surface area contributed by atoms with Gasteiger partial charge in [0.15, 0.2) is 0 Å². The van der Waals surface area contributed by atoms with E-state index in [0.29, 0.717) is 17.3 Å². The molecule has 6 heteroatoms. The maximum Gasteiger partial charge on any atom is 0.262 e. The maximum atomic E-state index is 12.1. The Bertz CT molecular complexity index is 873. The normalized spacial score (nSPS) is 13.1. The number of benzene rings is 1. The van der Waals surface area contributed by atoms with Crippen LogP contribution in [0.25, 0.3) is 6.08 Å². The maximum absolute atomic E-state index is 12.1. The van der Waals surface area contributed by atoms with E-state index in [2.05, 4.69) is 5.32 Å². The Hall–Kier alpha value is -3.46. The molecule has 0 fully saturated rings. The average molecular weight is 336 g/mol. The van der Waals surface area contributed by atoms with E-state index in [4.69, 9.17) is 13.9 Å². The lowest BCUT2D eigenvalue weighted by molar-refractivity contribution is -0.117. The fourth-order valence-electron chi connectivity index (χ4n) is 2.38. The number of rotatable bonds is 5. The molecule has 0 radical (unpaired) electrons. The molecule has 0 unspecified atom stereocenters. The summed E-state index contributed by atoms with van der Waals surface area (Å²) in [6.45, 7) is 0.500. The van der Waals surface area contributed by atoms with Gasteiger partial charge in [0.1, 0.15) is 35.5 Å². The van der Waals surface area contributed by atoms with E-state index < -0.39 is 5.91 Å². The molecule has 0 spiro atoms. The van der Waals surface area contributed by atoms with Crippen molar-refractivity contribution in [2.24, 2.45) is 0 Å². The van der Waals surface area contributed by atoms with Crippen molar-refractivity contribution in [1.29, 1.82) is 5.26 Å². The Morgan fingerprint density at radius 2 is 2.32 bits per heavy atom. The zero-order chi connectivity index (χ0) is 17.6. The number of methoxy groups -OCH3 is 1. The van der Waals surface area contributed by atoms with Crippen LogP contribution in [0.15, 0.2) is 58.2 Å². The Labute approximate surface area is 145 Å². The van der Waals surface area contributed by atoms with E-state index >= 15 is 0 Å². The number of hydrogen-bond acceptors (Lipinski definition) is 5. The molecule has 0 atom stereocenters. The van der Waals surface area contributed by atoms with Crippen LogP contribution in [0.2, 0.25) is 0 Å². The number of hydrogen-bond donors (Lipinski definition) is 1. The van der Waals surface area contributed by atoms with Crippen LogP contribution in [0.3, 0.4) is 0 Å². The molecule has 0 bridgehead atoms. The quantitative estimate of drug-likeness (QED) is 0.670. The Morgan fingerprint density at radius 3 is 3.04 bits per heavy atom. The minimum atomic E-state index is -0.458. The number of amides is 1. The third kappa shape index (κ3) is 3.90. The van der Waals surface area contributed by atoms with Crippen molar-refractivity contribution in [2.75, 3.05) is 13.7 Å². The van der Waals surface area contributed by atoms with Gasteiger partial charge in [0.05, 0.1) is 19.9 Å². The topological polar surface area (TPSA) is 84.5 Å². The summed E-state index contributed by atoms with van der Waals surface area (Å²) in [6, 6.07) is 10.9. The van der Waals surface area contributed by atoms with Gasteiger partial charge in [0, 0.05) is 11.6 Å². The van der Waals surface area contributed by atoms with Crippen LogP contribution >= 0.6 is 0 Å². The van der Waals surface area contributed by atoms with Gasteiger partial charge in [0.2, 0.25) is 0 Å². The molecule has 25 heavy (non-hydrogen) atoms. The zero-order valence-corrected chi connectivity index (χ0v) is 13.6. The molecular formula is C19H16N2O4. The SMILES string of the molecule is COc1ccc2c(c1)OCC(/C=C(\C#N)C(=O)NCc1ccco1)=C2. The molecule has 1 aromatic heterocycles. The monoisotopic (exact) mass is 336 g/mol. The second kappa shape index (κ2) is 7.41. The molecule has 3 rings (SSSR count). The number of nitrogens with one attached hydrogen (secondary N) is 1. The number of ether oxygens (including phenoxy) is 2. The highest BCUT2D eigenvalue weighted by molar-refractivity contribution is 5.98. The third-order valence-corrected chi connectivity index (χ3v) is 3.65.